The van der Waals surface area contributed by atoms with Gasteiger partial charge in [-0.05, 0) is 52.8 Å². The summed E-state index contributed by atoms with van der Waals surface area (Å²) in [6.45, 7) is 11.1. The third kappa shape index (κ3) is 3.01. The fourth-order valence-corrected chi connectivity index (χ4v) is 3.56. The number of aliphatic hydroxyl groups excluding tert-OH is 2. The van der Waals surface area contributed by atoms with Crippen molar-refractivity contribution in [3.8, 4) is 0 Å². The van der Waals surface area contributed by atoms with Gasteiger partial charge in [0.1, 0.15) is 6.10 Å². The number of benzene rings is 1. The summed E-state index contributed by atoms with van der Waals surface area (Å²) in [7, 11) is 0. The molecule has 2 nitrogen and oxygen atoms in total. The Balaban J connectivity index is 2.59. The smallest absolute Gasteiger partial charge is 0.106 e. The molecule has 0 radical (unpaired) electrons. The molecule has 0 spiro atoms. The van der Waals surface area contributed by atoms with Crippen LogP contribution in [-0.2, 0) is 10.8 Å². The maximum Gasteiger partial charge on any atom is 0.106 e. The number of thiol groups is 1. The van der Waals surface area contributed by atoms with Crippen LogP contribution in [0.4, 0.5) is 0 Å². The lowest BCUT2D eigenvalue weighted by atomic mass is 9.62. The van der Waals surface area contributed by atoms with E-state index in [2.05, 4.69) is 52.5 Å². The van der Waals surface area contributed by atoms with Gasteiger partial charge in [0.25, 0.3) is 0 Å². The Morgan fingerprint density at radius 2 is 1.52 bits per heavy atom. The normalized spacial score (nSPS) is 22.5. The summed E-state index contributed by atoms with van der Waals surface area (Å²) in [5, 5.41) is 20.3. The second kappa shape index (κ2) is 5.60. The fraction of sp³-hybridized carbons (Fsp3) is 0.667. The maximum atomic E-state index is 10.4. The van der Waals surface area contributed by atoms with Crippen LogP contribution in [0.3, 0.4) is 0 Å². The van der Waals surface area contributed by atoms with Crippen molar-refractivity contribution >= 4 is 12.6 Å². The summed E-state index contributed by atoms with van der Waals surface area (Å²) in [5.41, 5.74) is 4.85. The zero-order chi connectivity index (χ0) is 16.0. The van der Waals surface area contributed by atoms with Crippen molar-refractivity contribution in [3.05, 3.63) is 34.4 Å². The molecule has 0 saturated carbocycles. The highest BCUT2D eigenvalue weighted by molar-refractivity contribution is 7.80. The lowest BCUT2D eigenvalue weighted by Crippen LogP contribution is -2.34. The third-order valence-corrected chi connectivity index (χ3v) is 5.48. The second-order valence-electron chi connectivity index (χ2n) is 7.72. The molecule has 1 aliphatic rings. The van der Waals surface area contributed by atoms with E-state index in [0.29, 0.717) is 0 Å². The molecule has 3 heteroatoms. The van der Waals surface area contributed by atoms with E-state index in [-0.39, 0.29) is 16.6 Å². The number of fused-ring (bicyclic) bond motifs is 1. The van der Waals surface area contributed by atoms with Gasteiger partial charge < -0.3 is 10.2 Å². The zero-order valence-electron chi connectivity index (χ0n) is 13.8. The van der Waals surface area contributed by atoms with Crippen LogP contribution in [0.1, 0.15) is 68.9 Å². The van der Waals surface area contributed by atoms with Gasteiger partial charge in [-0.2, -0.15) is 12.6 Å². The van der Waals surface area contributed by atoms with Gasteiger partial charge in [0.05, 0.1) is 6.10 Å². The van der Waals surface area contributed by atoms with Gasteiger partial charge in [-0.25, -0.2) is 0 Å². The summed E-state index contributed by atoms with van der Waals surface area (Å²) in [6.07, 6.45) is 0.618. The first-order valence-electron chi connectivity index (χ1n) is 7.72. The van der Waals surface area contributed by atoms with Gasteiger partial charge >= 0.3 is 0 Å². The highest BCUT2D eigenvalue weighted by Crippen LogP contribution is 2.47. The van der Waals surface area contributed by atoms with E-state index in [1.54, 1.807) is 0 Å². The minimum absolute atomic E-state index is 0.110. The quantitative estimate of drug-likeness (QED) is 0.746. The number of hydrogen-bond donors (Lipinski definition) is 3. The molecule has 2 unspecified atom stereocenters. The molecule has 2 rings (SSSR count). The van der Waals surface area contributed by atoms with E-state index >= 15 is 0 Å². The Hall–Kier alpha value is -0.510. The Labute approximate surface area is 134 Å². The summed E-state index contributed by atoms with van der Waals surface area (Å²) < 4.78 is 0. The van der Waals surface area contributed by atoms with Crippen LogP contribution >= 0.6 is 12.6 Å². The first-order chi connectivity index (χ1) is 9.60. The van der Waals surface area contributed by atoms with Gasteiger partial charge in [-0.15, -0.1) is 0 Å². The highest BCUT2D eigenvalue weighted by atomic mass is 32.1. The van der Waals surface area contributed by atoms with E-state index in [9.17, 15) is 10.2 Å². The molecule has 0 amide bonds. The molecule has 118 valence electrons. The Morgan fingerprint density at radius 3 is 2.00 bits per heavy atom. The van der Waals surface area contributed by atoms with E-state index in [4.69, 9.17) is 0 Å². The minimum atomic E-state index is -0.867. The standard InChI is InChI=1S/C18H28O2S/c1-11-8-13-14(9-12(11)16(20)15(19)10-21)18(4,5)7-6-17(13,2)3/h8-9,15-16,19-21H,6-7,10H2,1-5H3. The number of hydrogen-bond acceptors (Lipinski definition) is 3. The molecular formula is C18H28O2S. The molecule has 1 aromatic carbocycles. The molecule has 0 saturated heterocycles. The van der Waals surface area contributed by atoms with Crippen molar-refractivity contribution in [2.75, 3.05) is 5.75 Å². The van der Waals surface area contributed by atoms with E-state index < -0.39 is 12.2 Å². The maximum absolute atomic E-state index is 10.4. The molecule has 0 aliphatic heterocycles. The first-order valence-corrected chi connectivity index (χ1v) is 8.36. The van der Waals surface area contributed by atoms with Gasteiger partial charge in [-0.1, -0.05) is 39.8 Å². The molecule has 1 aromatic rings. The summed E-state index contributed by atoms with van der Waals surface area (Å²) in [4.78, 5) is 0. The largest absolute Gasteiger partial charge is 0.389 e. The van der Waals surface area contributed by atoms with Crippen LogP contribution in [0, 0.1) is 6.92 Å². The van der Waals surface area contributed by atoms with Crippen LogP contribution in [-0.4, -0.2) is 22.1 Å². The Morgan fingerprint density at radius 1 is 1.05 bits per heavy atom. The second-order valence-corrected chi connectivity index (χ2v) is 8.08. The molecule has 2 N–H and O–H groups in total. The summed E-state index contributed by atoms with van der Waals surface area (Å²) in [6, 6.07) is 4.32. The van der Waals surface area contributed by atoms with Crippen LogP contribution in [0.15, 0.2) is 12.1 Å². The Bertz CT molecular complexity index is 534. The van der Waals surface area contributed by atoms with Gasteiger partial charge in [-0.3, -0.25) is 0 Å². The van der Waals surface area contributed by atoms with Gasteiger partial charge in [0.15, 0.2) is 0 Å². The van der Waals surface area contributed by atoms with Crippen molar-refractivity contribution in [2.24, 2.45) is 0 Å². The molecule has 0 heterocycles. The van der Waals surface area contributed by atoms with Gasteiger partial charge in [0.2, 0.25) is 0 Å². The average Bonchev–Trinajstić information content (AvgIpc) is 2.42. The predicted molar refractivity (Wildman–Crippen MR) is 91.3 cm³/mol. The van der Waals surface area contributed by atoms with Crippen LogP contribution < -0.4 is 0 Å². The van der Waals surface area contributed by atoms with Crippen molar-refractivity contribution < 1.29 is 10.2 Å². The SMILES string of the molecule is Cc1cc2c(cc1C(O)C(O)CS)C(C)(C)CCC2(C)C. The lowest BCUT2D eigenvalue weighted by Gasteiger charge is -2.42. The van der Waals surface area contributed by atoms with E-state index in [1.165, 1.54) is 17.5 Å². The molecule has 0 bridgehead atoms. The monoisotopic (exact) mass is 308 g/mol. The van der Waals surface area contributed by atoms with Crippen molar-refractivity contribution in [2.45, 2.75) is 70.5 Å². The molecule has 1 aliphatic carbocycles. The average molecular weight is 308 g/mol. The minimum Gasteiger partial charge on any atom is -0.389 e. The fourth-order valence-electron chi connectivity index (χ4n) is 3.36. The number of aliphatic hydroxyl groups is 2. The third-order valence-electron chi connectivity index (χ3n) is 5.11. The van der Waals surface area contributed by atoms with Crippen molar-refractivity contribution in [1.29, 1.82) is 0 Å². The van der Waals surface area contributed by atoms with E-state index in [1.807, 2.05) is 6.92 Å². The number of aryl methyl sites for hydroxylation is 1. The summed E-state index contributed by atoms with van der Waals surface area (Å²) >= 11 is 4.09. The van der Waals surface area contributed by atoms with Crippen LogP contribution in [0.5, 0.6) is 0 Å². The van der Waals surface area contributed by atoms with Crippen molar-refractivity contribution in [1.82, 2.24) is 0 Å². The predicted octanol–water partition coefficient (Wildman–Crippen LogP) is 3.67. The van der Waals surface area contributed by atoms with Gasteiger partial charge in [0, 0.05) is 5.75 Å². The lowest BCUT2D eigenvalue weighted by molar-refractivity contribution is 0.0332. The van der Waals surface area contributed by atoms with Crippen LogP contribution in [0.2, 0.25) is 0 Å². The zero-order valence-corrected chi connectivity index (χ0v) is 14.7. The first kappa shape index (κ1) is 16.9. The molecule has 0 aromatic heterocycles. The Kier molecular flexibility index (Phi) is 4.50. The highest BCUT2D eigenvalue weighted by Gasteiger charge is 2.38. The van der Waals surface area contributed by atoms with Crippen molar-refractivity contribution in [3.63, 3.8) is 0 Å². The van der Waals surface area contributed by atoms with E-state index in [0.717, 1.165) is 17.5 Å². The molecule has 21 heavy (non-hydrogen) atoms. The number of rotatable bonds is 3. The molecular weight excluding hydrogens is 280 g/mol. The molecule has 2 atom stereocenters. The van der Waals surface area contributed by atoms with Crippen LogP contribution in [0.25, 0.3) is 0 Å². The topological polar surface area (TPSA) is 40.5 Å². The molecule has 0 fully saturated rings. The summed E-state index contributed by atoms with van der Waals surface area (Å²) in [5.74, 6) is 0.257.